The minimum atomic E-state index is -0.861. The van der Waals surface area contributed by atoms with Gasteiger partial charge in [0.25, 0.3) is 0 Å². The molecule has 3 N–H and O–H groups in total. The lowest BCUT2D eigenvalue weighted by molar-refractivity contribution is -0.116. The lowest BCUT2D eigenvalue weighted by Crippen LogP contribution is -2.17. The first-order valence-electron chi connectivity index (χ1n) is 13.6. The molecule has 1 unspecified atom stereocenters. The quantitative estimate of drug-likeness (QED) is 0.142. The van der Waals surface area contributed by atoms with Crippen LogP contribution in [-0.2, 0) is 46.4 Å². The number of aliphatic hydroxyl groups excluding tert-OH is 1. The molecule has 2 amide bonds. The Morgan fingerprint density at radius 1 is 0.829 bits per heavy atom. The minimum absolute atomic E-state index is 0.111. The van der Waals surface area contributed by atoms with Crippen molar-refractivity contribution in [1.82, 2.24) is 20.4 Å². The van der Waals surface area contributed by atoms with Gasteiger partial charge in [-0.15, -0.1) is 15.3 Å². The molecule has 0 fully saturated rings. The van der Waals surface area contributed by atoms with Crippen LogP contribution in [-0.4, -0.2) is 50.2 Å². The van der Waals surface area contributed by atoms with Gasteiger partial charge in [0.2, 0.25) is 16.9 Å². The van der Waals surface area contributed by atoms with Gasteiger partial charge in [0, 0.05) is 19.4 Å². The van der Waals surface area contributed by atoms with Crippen molar-refractivity contribution in [3.63, 3.8) is 0 Å². The summed E-state index contributed by atoms with van der Waals surface area (Å²) in [6, 6.07) is 20.7. The van der Waals surface area contributed by atoms with Crippen molar-refractivity contribution < 1.29 is 19.4 Å². The number of aliphatic hydroxyl groups is 1. The SMILES string of the molecule is CCOC(O)Cc1cccc(CC(=O)Nc2ccc(CCCCc3nnc(NC(=O)Cc4ccccc4)s3)nn2)c1. The molecule has 0 aliphatic heterocycles. The first-order valence-corrected chi connectivity index (χ1v) is 14.4. The fraction of sp³-hybridized carbons (Fsp3) is 0.333. The molecule has 41 heavy (non-hydrogen) atoms. The van der Waals surface area contributed by atoms with Crippen molar-refractivity contribution in [3.05, 3.63) is 94.1 Å². The zero-order chi connectivity index (χ0) is 28.9. The maximum Gasteiger partial charge on any atom is 0.230 e. The van der Waals surface area contributed by atoms with Crippen molar-refractivity contribution in [2.45, 2.75) is 58.2 Å². The molecule has 0 radical (unpaired) electrons. The first-order chi connectivity index (χ1) is 20.0. The van der Waals surface area contributed by atoms with Gasteiger partial charge in [-0.3, -0.25) is 9.59 Å². The number of aromatic nitrogens is 4. The zero-order valence-electron chi connectivity index (χ0n) is 23.0. The molecule has 0 spiro atoms. The smallest absolute Gasteiger partial charge is 0.230 e. The molecule has 0 aliphatic carbocycles. The third kappa shape index (κ3) is 10.5. The fourth-order valence-corrected chi connectivity index (χ4v) is 4.98. The molecule has 214 valence electrons. The summed E-state index contributed by atoms with van der Waals surface area (Å²) in [5.74, 6) is 0.0972. The number of nitrogens with zero attached hydrogens (tertiary/aromatic N) is 4. The van der Waals surface area contributed by atoms with E-state index in [1.54, 1.807) is 6.07 Å². The van der Waals surface area contributed by atoms with E-state index in [0.29, 0.717) is 30.4 Å². The molecule has 1 atom stereocenters. The normalized spacial score (nSPS) is 11.7. The predicted octanol–water partition coefficient (Wildman–Crippen LogP) is 4.15. The van der Waals surface area contributed by atoms with E-state index in [2.05, 4.69) is 31.0 Å². The van der Waals surface area contributed by atoms with Gasteiger partial charge in [0.05, 0.1) is 18.5 Å². The summed E-state index contributed by atoms with van der Waals surface area (Å²) in [6.07, 6.45) is 3.30. The van der Waals surface area contributed by atoms with Crippen LogP contribution < -0.4 is 10.6 Å². The molecule has 0 aliphatic rings. The van der Waals surface area contributed by atoms with Gasteiger partial charge in [0.15, 0.2) is 12.1 Å². The van der Waals surface area contributed by atoms with Gasteiger partial charge in [0.1, 0.15) is 5.01 Å². The highest BCUT2D eigenvalue weighted by atomic mass is 32.1. The third-order valence-electron chi connectivity index (χ3n) is 6.11. The van der Waals surface area contributed by atoms with Crippen LogP contribution in [0.2, 0.25) is 0 Å². The van der Waals surface area contributed by atoms with Crippen LogP contribution >= 0.6 is 11.3 Å². The highest BCUT2D eigenvalue weighted by Crippen LogP contribution is 2.18. The molecule has 11 heteroatoms. The number of aryl methyl sites for hydroxylation is 2. The standard InChI is InChI=1S/C30H34N6O4S/c1-2-40-29(39)20-23-12-8-11-22(17-23)19-26(37)31-25-16-15-24(33-34-25)13-6-7-14-28-35-36-30(41-28)32-27(38)18-21-9-4-3-5-10-21/h3-5,8-12,15-17,29,39H,2,6-7,13-14,18-20H2,1H3,(H,31,34,37)(H,32,36,38). The molecule has 0 saturated carbocycles. The van der Waals surface area contributed by atoms with E-state index in [-0.39, 0.29) is 18.2 Å². The fourth-order valence-electron chi connectivity index (χ4n) is 4.18. The van der Waals surface area contributed by atoms with Crippen molar-refractivity contribution in [3.8, 4) is 0 Å². The Labute approximate surface area is 243 Å². The zero-order valence-corrected chi connectivity index (χ0v) is 23.8. The molecular formula is C30H34N6O4S. The highest BCUT2D eigenvalue weighted by Gasteiger charge is 2.11. The summed E-state index contributed by atoms with van der Waals surface area (Å²) in [5.41, 5.74) is 3.53. The summed E-state index contributed by atoms with van der Waals surface area (Å²) >= 11 is 1.39. The average Bonchev–Trinajstić information content (AvgIpc) is 3.39. The molecule has 2 aromatic carbocycles. The van der Waals surface area contributed by atoms with E-state index in [1.165, 1.54) is 11.3 Å². The van der Waals surface area contributed by atoms with E-state index in [0.717, 1.165) is 53.1 Å². The summed E-state index contributed by atoms with van der Waals surface area (Å²) in [7, 11) is 0. The molecule has 2 aromatic heterocycles. The van der Waals surface area contributed by atoms with E-state index in [9.17, 15) is 14.7 Å². The van der Waals surface area contributed by atoms with Gasteiger partial charge in [-0.05, 0) is 55.0 Å². The summed E-state index contributed by atoms with van der Waals surface area (Å²) < 4.78 is 5.18. The van der Waals surface area contributed by atoms with Crippen molar-refractivity contribution >= 4 is 34.1 Å². The van der Waals surface area contributed by atoms with Crippen LogP contribution in [0.4, 0.5) is 10.9 Å². The Morgan fingerprint density at radius 2 is 1.56 bits per heavy atom. The predicted molar refractivity (Wildman–Crippen MR) is 157 cm³/mol. The third-order valence-corrected chi connectivity index (χ3v) is 7.01. The Hall–Kier alpha value is -4.06. The number of unbranched alkanes of at least 4 members (excludes halogenated alkanes) is 1. The Bertz CT molecular complexity index is 1400. The number of hydrogen-bond acceptors (Lipinski definition) is 9. The van der Waals surface area contributed by atoms with Gasteiger partial charge >= 0.3 is 0 Å². The number of anilines is 2. The monoisotopic (exact) mass is 574 g/mol. The highest BCUT2D eigenvalue weighted by molar-refractivity contribution is 7.15. The number of benzene rings is 2. The number of rotatable bonds is 15. The van der Waals surface area contributed by atoms with Crippen LogP contribution in [0.1, 0.15) is 47.2 Å². The lowest BCUT2D eigenvalue weighted by Gasteiger charge is -2.11. The van der Waals surface area contributed by atoms with Crippen LogP contribution in [0, 0.1) is 0 Å². The van der Waals surface area contributed by atoms with Crippen LogP contribution in [0.3, 0.4) is 0 Å². The van der Waals surface area contributed by atoms with Crippen LogP contribution in [0.25, 0.3) is 0 Å². The second-order valence-corrected chi connectivity index (χ2v) is 10.5. The number of amides is 2. The van der Waals surface area contributed by atoms with Crippen molar-refractivity contribution in [1.29, 1.82) is 0 Å². The lowest BCUT2D eigenvalue weighted by atomic mass is 10.1. The van der Waals surface area contributed by atoms with Gasteiger partial charge in [-0.2, -0.15) is 5.10 Å². The van der Waals surface area contributed by atoms with Gasteiger partial charge < -0.3 is 20.5 Å². The Kier molecular flexibility index (Phi) is 11.4. The molecule has 2 heterocycles. The maximum atomic E-state index is 12.5. The number of ether oxygens (including phenoxy) is 1. The number of carbonyl (C=O) groups is 2. The first kappa shape index (κ1) is 29.9. The number of carbonyl (C=O) groups excluding carboxylic acids is 2. The number of nitrogens with one attached hydrogen (secondary N) is 2. The van der Waals surface area contributed by atoms with Gasteiger partial charge in [-0.1, -0.05) is 65.9 Å². The largest absolute Gasteiger partial charge is 0.368 e. The van der Waals surface area contributed by atoms with E-state index in [1.807, 2.05) is 67.6 Å². The molecule has 4 aromatic rings. The van der Waals surface area contributed by atoms with E-state index >= 15 is 0 Å². The number of hydrogen-bond donors (Lipinski definition) is 3. The second-order valence-electron chi connectivity index (χ2n) is 9.49. The van der Waals surface area contributed by atoms with Crippen molar-refractivity contribution in [2.24, 2.45) is 0 Å². The molecule has 0 saturated heterocycles. The summed E-state index contributed by atoms with van der Waals surface area (Å²) in [4.78, 5) is 24.7. The maximum absolute atomic E-state index is 12.5. The molecule has 0 bridgehead atoms. The molecule has 10 nitrogen and oxygen atoms in total. The average molecular weight is 575 g/mol. The second kappa shape index (κ2) is 15.7. The topological polar surface area (TPSA) is 139 Å². The minimum Gasteiger partial charge on any atom is -0.368 e. The van der Waals surface area contributed by atoms with Gasteiger partial charge in [-0.25, -0.2) is 0 Å². The Balaban J connectivity index is 1.15. The molecular weight excluding hydrogens is 540 g/mol. The van der Waals surface area contributed by atoms with Crippen LogP contribution in [0.5, 0.6) is 0 Å². The van der Waals surface area contributed by atoms with Crippen molar-refractivity contribution in [2.75, 3.05) is 17.2 Å². The van der Waals surface area contributed by atoms with Crippen LogP contribution in [0.15, 0.2) is 66.7 Å². The Morgan fingerprint density at radius 3 is 2.34 bits per heavy atom. The van der Waals surface area contributed by atoms with E-state index < -0.39 is 6.29 Å². The molecule has 4 rings (SSSR count). The summed E-state index contributed by atoms with van der Waals surface area (Å²) in [5, 5.41) is 33.5. The summed E-state index contributed by atoms with van der Waals surface area (Å²) in [6.45, 7) is 2.27. The van der Waals surface area contributed by atoms with E-state index in [4.69, 9.17) is 4.74 Å².